The molecule has 2 saturated heterocycles. The van der Waals surface area contributed by atoms with Crippen molar-refractivity contribution in [2.75, 3.05) is 11.4 Å². The molecule has 0 amide bonds. The minimum Gasteiger partial charge on any atom is -0.365 e. The van der Waals surface area contributed by atoms with Gasteiger partial charge in [-0.05, 0) is 72.8 Å². The molecule has 2 nitrogen and oxygen atoms in total. The summed E-state index contributed by atoms with van der Waals surface area (Å²) in [6.07, 6.45) is 6.23. The van der Waals surface area contributed by atoms with Gasteiger partial charge in [0.2, 0.25) is 0 Å². The van der Waals surface area contributed by atoms with E-state index in [1.807, 2.05) is 6.07 Å². The SMILES string of the molecule is CCNC1CC2CCCC(C1)N2c1ccc(F)cc1Br. The molecular weight excluding hydrogens is 319 g/mol. The third-order valence-electron chi connectivity index (χ3n) is 4.66. The van der Waals surface area contributed by atoms with Gasteiger partial charge in [0.25, 0.3) is 0 Å². The minimum absolute atomic E-state index is 0.173. The number of benzene rings is 1. The number of nitrogens with zero attached hydrogens (tertiary/aromatic N) is 1. The summed E-state index contributed by atoms with van der Waals surface area (Å²) in [4.78, 5) is 2.54. The molecule has 20 heavy (non-hydrogen) atoms. The standard InChI is InChI=1S/C16H22BrFN2/c1-2-19-12-9-13-4-3-5-14(10-12)20(13)16-7-6-11(18)8-15(16)17/h6-8,12-14,19H,2-5,9-10H2,1H3. The van der Waals surface area contributed by atoms with E-state index in [2.05, 4.69) is 33.1 Å². The molecule has 2 aliphatic heterocycles. The van der Waals surface area contributed by atoms with Crippen molar-refractivity contribution >= 4 is 21.6 Å². The van der Waals surface area contributed by atoms with Crippen molar-refractivity contribution in [3.63, 3.8) is 0 Å². The monoisotopic (exact) mass is 340 g/mol. The van der Waals surface area contributed by atoms with E-state index in [9.17, 15) is 4.39 Å². The van der Waals surface area contributed by atoms with Crippen LogP contribution in [0.3, 0.4) is 0 Å². The molecule has 2 unspecified atom stereocenters. The van der Waals surface area contributed by atoms with Crippen LogP contribution in [0.5, 0.6) is 0 Å². The van der Waals surface area contributed by atoms with E-state index in [4.69, 9.17) is 0 Å². The van der Waals surface area contributed by atoms with E-state index in [1.54, 1.807) is 12.1 Å². The fourth-order valence-corrected chi connectivity index (χ4v) is 4.48. The molecule has 110 valence electrons. The number of hydrogen-bond donors (Lipinski definition) is 1. The van der Waals surface area contributed by atoms with Crippen molar-refractivity contribution in [1.82, 2.24) is 5.32 Å². The maximum Gasteiger partial charge on any atom is 0.124 e. The molecule has 1 aromatic rings. The fourth-order valence-electron chi connectivity index (χ4n) is 3.92. The van der Waals surface area contributed by atoms with E-state index in [0.29, 0.717) is 18.1 Å². The first-order valence-corrected chi connectivity index (χ1v) is 8.45. The second kappa shape index (κ2) is 6.02. The highest BCUT2D eigenvalue weighted by Gasteiger charge is 2.38. The van der Waals surface area contributed by atoms with Crippen LogP contribution >= 0.6 is 15.9 Å². The molecule has 2 atom stereocenters. The van der Waals surface area contributed by atoms with Crippen LogP contribution in [0.2, 0.25) is 0 Å². The smallest absolute Gasteiger partial charge is 0.124 e. The van der Waals surface area contributed by atoms with Gasteiger partial charge in [-0.2, -0.15) is 0 Å². The summed E-state index contributed by atoms with van der Waals surface area (Å²) in [5.41, 5.74) is 1.16. The van der Waals surface area contributed by atoms with E-state index in [-0.39, 0.29) is 5.82 Å². The summed E-state index contributed by atoms with van der Waals surface area (Å²) in [6, 6.07) is 6.92. The first-order valence-electron chi connectivity index (χ1n) is 7.65. The molecule has 2 aliphatic rings. The molecule has 4 heteroatoms. The second-order valence-electron chi connectivity index (χ2n) is 5.97. The molecule has 0 saturated carbocycles. The third kappa shape index (κ3) is 2.73. The maximum atomic E-state index is 13.3. The number of piperidine rings is 2. The molecule has 0 aliphatic carbocycles. The molecule has 2 fully saturated rings. The predicted octanol–water partition coefficient (Wildman–Crippen LogP) is 4.09. The number of anilines is 1. The topological polar surface area (TPSA) is 15.3 Å². The Bertz CT molecular complexity index is 466. The largest absolute Gasteiger partial charge is 0.365 e. The van der Waals surface area contributed by atoms with Crippen LogP contribution in [-0.4, -0.2) is 24.7 Å². The van der Waals surface area contributed by atoms with E-state index in [1.165, 1.54) is 32.1 Å². The lowest BCUT2D eigenvalue weighted by atomic mass is 9.81. The van der Waals surface area contributed by atoms with E-state index < -0.39 is 0 Å². The zero-order chi connectivity index (χ0) is 14.1. The summed E-state index contributed by atoms with van der Waals surface area (Å²) in [6.45, 7) is 3.23. The average Bonchev–Trinajstić information content (AvgIpc) is 2.39. The highest BCUT2D eigenvalue weighted by Crippen LogP contribution is 2.40. The van der Waals surface area contributed by atoms with Gasteiger partial charge >= 0.3 is 0 Å². The summed E-state index contributed by atoms with van der Waals surface area (Å²) >= 11 is 3.54. The minimum atomic E-state index is -0.173. The number of hydrogen-bond acceptors (Lipinski definition) is 2. The van der Waals surface area contributed by atoms with Crippen LogP contribution in [-0.2, 0) is 0 Å². The van der Waals surface area contributed by atoms with Crippen molar-refractivity contribution in [2.45, 2.75) is 57.2 Å². The lowest BCUT2D eigenvalue weighted by Gasteiger charge is -2.50. The second-order valence-corrected chi connectivity index (χ2v) is 6.82. The third-order valence-corrected chi connectivity index (χ3v) is 5.29. The van der Waals surface area contributed by atoms with Gasteiger partial charge in [-0.15, -0.1) is 0 Å². The Morgan fingerprint density at radius 3 is 2.60 bits per heavy atom. The van der Waals surface area contributed by atoms with Gasteiger partial charge in [0.15, 0.2) is 0 Å². The van der Waals surface area contributed by atoms with Crippen LogP contribution in [0, 0.1) is 5.82 Å². The van der Waals surface area contributed by atoms with Gasteiger partial charge in [-0.25, -0.2) is 4.39 Å². The molecule has 3 rings (SSSR count). The molecule has 0 aromatic heterocycles. The Balaban J connectivity index is 1.86. The van der Waals surface area contributed by atoms with Gasteiger partial charge in [0, 0.05) is 22.6 Å². The summed E-state index contributed by atoms with van der Waals surface area (Å²) in [7, 11) is 0. The van der Waals surface area contributed by atoms with Gasteiger partial charge in [-0.3, -0.25) is 0 Å². The molecule has 0 spiro atoms. The van der Waals surface area contributed by atoms with Crippen molar-refractivity contribution in [2.24, 2.45) is 0 Å². The normalized spacial score (nSPS) is 29.6. The van der Waals surface area contributed by atoms with Crippen molar-refractivity contribution in [1.29, 1.82) is 0 Å². The van der Waals surface area contributed by atoms with Gasteiger partial charge in [0.05, 0.1) is 5.69 Å². The Morgan fingerprint density at radius 1 is 1.30 bits per heavy atom. The molecule has 1 aromatic carbocycles. The first kappa shape index (κ1) is 14.3. The summed E-state index contributed by atoms with van der Waals surface area (Å²) < 4.78 is 14.2. The fraction of sp³-hybridized carbons (Fsp3) is 0.625. The van der Waals surface area contributed by atoms with E-state index in [0.717, 1.165) is 16.7 Å². The van der Waals surface area contributed by atoms with Crippen molar-refractivity contribution < 1.29 is 4.39 Å². The average molecular weight is 341 g/mol. The Morgan fingerprint density at radius 2 is 2.00 bits per heavy atom. The number of nitrogens with one attached hydrogen (secondary N) is 1. The van der Waals surface area contributed by atoms with Crippen LogP contribution in [0.1, 0.15) is 39.0 Å². The van der Waals surface area contributed by atoms with Crippen LogP contribution in [0.25, 0.3) is 0 Å². The Kier molecular flexibility index (Phi) is 4.32. The van der Waals surface area contributed by atoms with Crippen molar-refractivity contribution in [3.8, 4) is 0 Å². The molecule has 1 N–H and O–H groups in total. The molecular formula is C16H22BrFN2. The predicted molar refractivity (Wildman–Crippen MR) is 84.7 cm³/mol. The first-order chi connectivity index (χ1) is 9.69. The highest BCUT2D eigenvalue weighted by atomic mass is 79.9. The maximum absolute atomic E-state index is 13.3. The quantitative estimate of drug-likeness (QED) is 0.891. The number of halogens is 2. The van der Waals surface area contributed by atoms with Crippen LogP contribution in [0.15, 0.2) is 22.7 Å². The van der Waals surface area contributed by atoms with Gasteiger partial charge in [-0.1, -0.05) is 6.92 Å². The number of fused-ring (bicyclic) bond motifs is 2. The van der Waals surface area contributed by atoms with Gasteiger partial charge < -0.3 is 10.2 Å². The lowest BCUT2D eigenvalue weighted by Crippen LogP contribution is -2.56. The lowest BCUT2D eigenvalue weighted by molar-refractivity contribution is 0.247. The summed E-state index contributed by atoms with van der Waals surface area (Å²) in [5, 5.41) is 3.61. The Labute approximate surface area is 128 Å². The zero-order valence-electron chi connectivity index (χ0n) is 11.9. The number of rotatable bonds is 3. The van der Waals surface area contributed by atoms with E-state index >= 15 is 0 Å². The molecule has 2 bridgehead atoms. The molecule has 0 radical (unpaired) electrons. The summed E-state index contributed by atoms with van der Waals surface area (Å²) in [5.74, 6) is -0.173. The molecule has 2 heterocycles. The van der Waals surface area contributed by atoms with Crippen LogP contribution < -0.4 is 10.2 Å². The van der Waals surface area contributed by atoms with Gasteiger partial charge in [0.1, 0.15) is 5.82 Å². The zero-order valence-corrected chi connectivity index (χ0v) is 13.5. The van der Waals surface area contributed by atoms with Crippen LogP contribution in [0.4, 0.5) is 10.1 Å². The highest BCUT2D eigenvalue weighted by molar-refractivity contribution is 9.10. The van der Waals surface area contributed by atoms with Crippen molar-refractivity contribution in [3.05, 3.63) is 28.5 Å². The Hall–Kier alpha value is -0.610.